The van der Waals surface area contributed by atoms with Gasteiger partial charge in [-0.3, -0.25) is 4.79 Å². The zero-order chi connectivity index (χ0) is 21.3. The summed E-state index contributed by atoms with van der Waals surface area (Å²) in [5, 5.41) is 0.572. The first kappa shape index (κ1) is 21.0. The van der Waals surface area contributed by atoms with Crippen LogP contribution in [0.1, 0.15) is 16.7 Å². The molecule has 2 aromatic carbocycles. The van der Waals surface area contributed by atoms with E-state index >= 15 is 0 Å². The van der Waals surface area contributed by atoms with Crippen LogP contribution in [0.15, 0.2) is 53.3 Å². The van der Waals surface area contributed by atoms with Crippen molar-refractivity contribution in [3.63, 3.8) is 0 Å². The average molecular weight is 437 g/mol. The van der Waals surface area contributed by atoms with Crippen LogP contribution in [-0.2, 0) is 12.7 Å². The minimum Gasteiger partial charge on any atom is -0.313 e. The summed E-state index contributed by atoms with van der Waals surface area (Å²) in [6.45, 7) is 8.85. The Hall–Kier alpha value is -2.75. The van der Waals surface area contributed by atoms with Gasteiger partial charge in [0.1, 0.15) is 0 Å². The zero-order valence-electron chi connectivity index (χ0n) is 15.0. The summed E-state index contributed by atoms with van der Waals surface area (Å²) in [5.41, 5.74) is -1.36. The van der Waals surface area contributed by atoms with Gasteiger partial charge in [-0.15, -0.1) is 0 Å². The molecule has 3 nitrogen and oxygen atoms in total. The zero-order valence-corrected chi connectivity index (χ0v) is 16.5. The minimum atomic E-state index is -4.83. The van der Waals surface area contributed by atoms with Gasteiger partial charge in [-0.25, -0.2) is 4.85 Å². The van der Waals surface area contributed by atoms with Crippen LogP contribution in [0.3, 0.4) is 0 Å². The van der Waals surface area contributed by atoms with Gasteiger partial charge in [0.25, 0.3) is 11.2 Å². The third kappa shape index (κ3) is 4.31. The topological polar surface area (TPSA) is 26.4 Å². The monoisotopic (exact) mass is 436 g/mol. The van der Waals surface area contributed by atoms with Crippen LogP contribution >= 0.6 is 23.2 Å². The highest BCUT2D eigenvalue weighted by molar-refractivity contribution is 6.42. The van der Waals surface area contributed by atoms with Crippen molar-refractivity contribution in [3.8, 4) is 11.3 Å². The Morgan fingerprint density at radius 2 is 1.79 bits per heavy atom. The number of nitrogens with zero attached hydrogens (tertiary/aromatic N) is 2. The van der Waals surface area contributed by atoms with Crippen LogP contribution in [0.25, 0.3) is 16.1 Å². The Bertz CT molecular complexity index is 1190. The fraction of sp³-hybridized carbons (Fsp3) is 0.143. The number of rotatable bonds is 3. The molecule has 148 valence electrons. The van der Waals surface area contributed by atoms with Gasteiger partial charge >= 0.3 is 6.18 Å². The highest BCUT2D eigenvalue weighted by Crippen LogP contribution is 2.37. The van der Waals surface area contributed by atoms with Crippen LogP contribution in [0, 0.1) is 13.5 Å². The van der Waals surface area contributed by atoms with Gasteiger partial charge in [0, 0.05) is 12.2 Å². The van der Waals surface area contributed by atoms with Gasteiger partial charge in [-0.1, -0.05) is 53.0 Å². The molecular formula is C21H13Cl2F3N2O. The van der Waals surface area contributed by atoms with Gasteiger partial charge in [0.15, 0.2) is 0 Å². The number of pyridine rings is 1. The normalized spacial score (nSPS) is 11.3. The molecule has 0 radical (unpaired) electrons. The number of aryl methyl sites for hydroxylation is 1. The Kier molecular flexibility index (Phi) is 5.74. The van der Waals surface area contributed by atoms with Crippen molar-refractivity contribution in [2.75, 3.05) is 0 Å². The maximum absolute atomic E-state index is 13.5. The number of hydrogen-bond acceptors (Lipinski definition) is 1. The molecule has 0 N–H and O–H groups in total. The number of hydrogen-bond donors (Lipinski definition) is 0. The van der Waals surface area contributed by atoms with Crippen LogP contribution in [0.4, 0.5) is 18.9 Å². The predicted octanol–water partition coefficient (Wildman–Crippen LogP) is 6.75. The lowest BCUT2D eigenvalue weighted by Crippen LogP contribution is -2.25. The smallest absolute Gasteiger partial charge is 0.313 e. The summed E-state index contributed by atoms with van der Waals surface area (Å²) in [6, 6.07) is 12.3. The van der Waals surface area contributed by atoms with Crippen molar-refractivity contribution < 1.29 is 13.2 Å². The van der Waals surface area contributed by atoms with Crippen LogP contribution < -0.4 is 5.56 Å². The molecular weight excluding hydrogens is 424 g/mol. The van der Waals surface area contributed by atoms with Gasteiger partial charge in [-0.2, -0.15) is 13.2 Å². The Balaban J connectivity index is 2.31. The first-order valence-corrected chi connectivity index (χ1v) is 9.11. The average Bonchev–Trinajstić information content (AvgIpc) is 2.65. The lowest BCUT2D eigenvalue weighted by molar-refractivity contribution is -0.136. The summed E-state index contributed by atoms with van der Waals surface area (Å²) in [5.74, 6) is 0. The number of halogens is 5. The molecule has 0 unspecified atom stereocenters. The molecule has 0 aliphatic heterocycles. The first-order chi connectivity index (χ1) is 13.6. The van der Waals surface area contributed by atoms with E-state index in [0.717, 1.165) is 16.2 Å². The maximum atomic E-state index is 13.5. The second-order valence-corrected chi connectivity index (χ2v) is 7.23. The fourth-order valence-electron chi connectivity index (χ4n) is 2.98. The van der Waals surface area contributed by atoms with E-state index in [1.165, 1.54) is 12.1 Å². The molecule has 0 fully saturated rings. The van der Waals surface area contributed by atoms with E-state index in [1.54, 1.807) is 37.3 Å². The first-order valence-electron chi connectivity index (χ1n) is 8.35. The van der Waals surface area contributed by atoms with E-state index in [-0.39, 0.29) is 17.3 Å². The van der Waals surface area contributed by atoms with E-state index in [0.29, 0.717) is 16.1 Å². The summed E-state index contributed by atoms with van der Waals surface area (Å²) in [7, 11) is 0. The molecule has 29 heavy (non-hydrogen) atoms. The lowest BCUT2D eigenvalue weighted by Gasteiger charge is -2.18. The second-order valence-electron chi connectivity index (χ2n) is 6.41. The number of aromatic nitrogens is 1. The second kappa shape index (κ2) is 7.94. The summed E-state index contributed by atoms with van der Waals surface area (Å²) < 4.78 is 41.7. The fourth-order valence-corrected chi connectivity index (χ4v) is 3.30. The molecule has 0 amide bonds. The van der Waals surface area contributed by atoms with Crippen LogP contribution in [-0.4, -0.2) is 4.57 Å². The van der Waals surface area contributed by atoms with Gasteiger partial charge < -0.3 is 4.57 Å². The van der Waals surface area contributed by atoms with Crippen LogP contribution in [0.5, 0.6) is 0 Å². The molecule has 0 aliphatic rings. The lowest BCUT2D eigenvalue weighted by atomic mass is 10.0. The Morgan fingerprint density at radius 3 is 2.38 bits per heavy atom. The van der Waals surface area contributed by atoms with E-state index in [4.69, 9.17) is 29.8 Å². The largest absolute Gasteiger partial charge is 0.407 e. The summed E-state index contributed by atoms with van der Waals surface area (Å²) in [4.78, 5) is 15.8. The number of alkyl halides is 3. The van der Waals surface area contributed by atoms with Crippen molar-refractivity contribution in [2.24, 2.45) is 0 Å². The van der Waals surface area contributed by atoms with E-state index < -0.39 is 23.0 Å². The highest BCUT2D eigenvalue weighted by Gasteiger charge is 2.36. The molecule has 8 heteroatoms. The molecule has 0 bridgehead atoms. The highest BCUT2D eigenvalue weighted by atomic mass is 35.5. The van der Waals surface area contributed by atoms with Crippen molar-refractivity contribution >= 4 is 28.9 Å². The molecule has 0 saturated heterocycles. The minimum absolute atomic E-state index is 0.0597. The molecule has 0 atom stereocenters. The SMILES string of the molecule is [C-]#[N+]c1c(C(F)(F)F)cc(-c2cccc(C)c2)n(Cc2ccc(Cl)c(Cl)c2)c1=O. The van der Waals surface area contributed by atoms with E-state index in [9.17, 15) is 18.0 Å². The Labute approximate surface area is 174 Å². The van der Waals surface area contributed by atoms with Crippen molar-refractivity contribution in [3.05, 3.63) is 97.0 Å². The molecule has 1 aromatic heterocycles. The molecule has 0 aliphatic carbocycles. The van der Waals surface area contributed by atoms with E-state index in [1.807, 2.05) is 0 Å². The van der Waals surface area contributed by atoms with Gasteiger partial charge in [0.05, 0.1) is 22.2 Å². The van der Waals surface area contributed by atoms with Crippen molar-refractivity contribution in [1.82, 2.24) is 4.57 Å². The predicted molar refractivity (Wildman–Crippen MR) is 108 cm³/mol. The van der Waals surface area contributed by atoms with Gasteiger partial charge in [-0.05, 0) is 42.3 Å². The molecule has 1 heterocycles. The molecule has 3 aromatic rings. The summed E-state index contributed by atoms with van der Waals surface area (Å²) in [6.07, 6.45) is -4.83. The third-order valence-corrected chi connectivity index (χ3v) is 5.07. The van der Waals surface area contributed by atoms with Crippen LogP contribution in [0.2, 0.25) is 10.0 Å². The van der Waals surface area contributed by atoms with Gasteiger partial charge in [0.2, 0.25) is 0 Å². The number of benzene rings is 2. The standard InChI is InChI=1S/C21H13Cl2F3N2O/c1-12-4-3-5-14(8-12)18-10-15(21(24,25)26)19(27-2)20(29)28(18)11-13-6-7-16(22)17(23)9-13/h3-10H,11H2,1H3. The van der Waals surface area contributed by atoms with E-state index in [2.05, 4.69) is 4.85 Å². The maximum Gasteiger partial charge on any atom is 0.407 e. The quantitative estimate of drug-likeness (QED) is 0.417. The molecule has 0 spiro atoms. The van der Waals surface area contributed by atoms with Crippen molar-refractivity contribution in [1.29, 1.82) is 0 Å². The molecule has 3 rings (SSSR count). The molecule has 0 saturated carbocycles. The van der Waals surface area contributed by atoms with Crippen molar-refractivity contribution in [2.45, 2.75) is 19.6 Å². The summed E-state index contributed by atoms with van der Waals surface area (Å²) >= 11 is 11.9. The Morgan fingerprint density at radius 1 is 1.07 bits per heavy atom. The third-order valence-electron chi connectivity index (χ3n) is 4.33.